The molecule has 1 aromatic carbocycles. The number of fused-ring (bicyclic) bond motifs is 1. The van der Waals surface area contributed by atoms with Crippen LogP contribution in [0.1, 0.15) is 62.4 Å². The Labute approximate surface area is 283 Å². The largest absolute Gasteiger partial charge is 0.506 e. The summed E-state index contributed by atoms with van der Waals surface area (Å²) in [5.74, 6) is -1.22. The van der Waals surface area contributed by atoms with Gasteiger partial charge in [0.1, 0.15) is 54.1 Å². The first-order valence-corrected chi connectivity index (χ1v) is 16.5. The number of carbonyl (C=O) groups excluding carboxylic acids is 2. The number of ether oxygens (including phenoxy) is 6. The second-order valence-corrected chi connectivity index (χ2v) is 12.3. The Bertz CT molecular complexity index is 1440. The Balaban J connectivity index is 1.51. The fraction of sp³-hybridized carbons (Fsp3) is 0.667. The van der Waals surface area contributed by atoms with Crippen LogP contribution in [0, 0.1) is 0 Å². The van der Waals surface area contributed by atoms with E-state index in [0.29, 0.717) is 12.8 Å². The monoisotopic (exact) mass is 696 g/mol. The molecule has 2 aliphatic heterocycles. The Morgan fingerprint density at radius 2 is 1.65 bits per heavy atom. The second-order valence-electron chi connectivity index (χ2n) is 12.3. The number of benzene rings is 1. The molecule has 3 heterocycles. The van der Waals surface area contributed by atoms with Gasteiger partial charge in [0.25, 0.3) is 5.91 Å². The van der Waals surface area contributed by atoms with E-state index < -0.39 is 79.3 Å². The van der Waals surface area contributed by atoms with Crippen molar-refractivity contribution in [3.8, 4) is 5.75 Å². The summed E-state index contributed by atoms with van der Waals surface area (Å²) < 4.78 is 34.3. The van der Waals surface area contributed by atoms with Crippen LogP contribution >= 0.6 is 0 Å². The molecule has 7 unspecified atom stereocenters. The van der Waals surface area contributed by atoms with Crippen LogP contribution in [0.15, 0.2) is 29.1 Å². The molecule has 2 saturated heterocycles. The number of methoxy groups -OCH3 is 2. The molecule has 2 aromatic rings. The van der Waals surface area contributed by atoms with Crippen LogP contribution in [0.3, 0.4) is 0 Å². The summed E-state index contributed by atoms with van der Waals surface area (Å²) in [5.41, 5.74) is -0.601. The van der Waals surface area contributed by atoms with Gasteiger partial charge in [0.05, 0.1) is 25.3 Å². The minimum Gasteiger partial charge on any atom is -0.506 e. The normalized spacial score (nSPS) is 30.3. The van der Waals surface area contributed by atoms with Crippen molar-refractivity contribution < 1.29 is 63.5 Å². The van der Waals surface area contributed by atoms with Gasteiger partial charge in [0, 0.05) is 31.6 Å². The number of aromatic hydroxyl groups is 1. The van der Waals surface area contributed by atoms with Crippen molar-refractivity contribution in [3.05, 3.63) is 40.2 Å². The van der Waals surface area contributed by atoms with Crippen LogP contribution in [0.4, 0.5) is 0 Å². The van der Waals surface area contributed by atoms with Crippen molar-refractivity contribution in [2.75, 3.05) is 27.4 Å². The lowest BCUT2D eigenvalue weighted by atomic mass is 9.95. The number of phenolic OH excluding ortho intramolecular Hbond substituents is 1. The highest BCUT2D eigenvalue weighted by atomic mass is 16.7. The predicted molar refractivity (Wildman–Crippen MR) is 172 cm³/mol. The molecular formula is C33H48N2O14. The van der Waals surface area contributed by atoms with E-state index >= 15 is 0 Å². The predicted octanol–water partition coefficient (Wildman–Crippen LogP) is 0.197. The molecule has 2 aliphatic rings. The van der Waals surface area contributed by atoms with E-state index in [4.69, 9.17) is 23.7 Å². The van der Waals surface area contributed by atoms with E-state index in [2.05, 4.69) is 15.0 Å². The van der Waals surface area contributed by atoms with Gasteiger partial charge in [-0.05, 0) is 31.9 Å². The number of rotatable bonds is 16. The van der Waals surface area contributed by atoms with E-state index in [1.165, 1.54) is 39.3 Å². The standard InChI is InChI=1S/C33H48N2O14/c1-17-26(40)27(41)28(42)33(47-17)49-29-22(16-36)48-32(46-14-9-7-5-4-6-8-13-23(39)44-2)25(30(29)45-3)35-31(43)19-15-21(38)18-11-10-12-20(37)24(18)34-19/h10-12,15,17,22,25-30,32-33,36-37,40-42H,4-9,13-14,16H2,1-3H3,(H,34,38)(H,35,43)/t17?,22?,25?,26-,27?,28?,29-,30?,32-,33?/m1/s1. The third-order valence-electron chi connectivity index (χ3n) is 8.87. The second kappa shape index (κ2) is 18.2. The van der Waals surface area contributed by atoms with Gasteiger partial charge in [0.15, 0.2) is 18.0 Å². The summed E-state index contributed by atoms with van der Waals surface area (Å²) in [6.45, 7) is 1.12. The van der Waals surface area contributed by atoms with Crippen molar-refractivity contribution in [3.63, 3.8) is 0 Å². The summed E-state index contributed by atoms with van der Waals surface area (Å²) in [5, 5.41) is 54.7. The van der Waals surface area contributed by atoms with Gasteiger partial charge in [-0.2, -0.15) is 0 Å². The third-order valence-corrected chi connectivity index (χ3v) is 8.87. The average molecular weight is 697 g/mol. The number of phenols is 1. The molecule has 49 heavy (non-hydrogen) atoms. The molecule has 0 radical (unpaired) electrons. The van der Waals surface area contributed by atoms with Crippen molar-refractivity contribution in [1.29, 1.82) is 0 Å². The summed E-state index contributed by atoms with van der Waals surface area (Å²) >= 11 is 0. The number of nitrogens with one attached hydrogen (secondary N) is 2. The fourth-order valence-corrected chi connectivity index (χ4v) is 6.06. The molecule has 1 aromatic heterocycles. The molecular weight excluding hydrogens is 648 g/mol. The van der Waals surface area contributed by atoms with Crippen molar-refractivity contribution in [2.45, 2.75) is 113 Å². The molecule has 10 atom stereocenters. The van der Waals surface area contributed by atoms with Crippen LogP contribution in [0.2, 0.25) is 0 Å². The van der Waals surface area contributed by atoms with Crippen LogP contribution < -0.4 is 10.7 Å². The molecule has 274 valence electrons. The first-order chi connectivity index (χ1) is 23.5. The van der Waals surface area contributed by atoms with Crippen molar-refractivity contribution >= 4 is 22.8 Å². The smallest absolute Gasteiger partial charge is 0.305 e. The van der Waals surface area contributed by atoms with E-state index in [-0.39, 0.29) is 34.9 Å². The maximum Gasteiger partial charge on any atom is 0.305 e. The number of hydrogen-bond donors (Lipinski definition) is 7. The molecule has 2 fully saturated rings. The zero-order valence-electron chi connectivity index (χ0n) is 27.9. The van der Waals surface area contributed by atoms with E-state index in [1.54, 1.807) is 0 Å². The molecule has 0 spiro atoms. The Morgan fingerprint density at radius 3 is 2.35 bits per heavy atom. The number of esters is 1. The van der Waals surface area contributed by atoms with Gasteiger partial charge in [-0.1, -0.05) is 31.7 Å². The molecule has 1 amide bonds. The average Bonchev–Trinajstić information content (AvgIpc) is 3.09. The highest BCUT2D eigenvalue weighted by Gasteiger charge is 2.51. The molecule has 0 bridgehead atoms. The number of carbonyl (C=O) groups is 2. The quantitative estimate of drug-likeness (QED) is 0.0918. The summed E-state index contributed by atoms with van der Waals surface area (Å²) in [6, 6.07) is 4.37. The van der Waals surface area contributed by atoms with Crippen molar-refractivity contribution in [2.24, 2.45) is 0 Å². The molecule has 16 nitrogen and oxygen atoms in total. The topological polar surface area (TPSA) is 236 Å². The Morgan fingerprint density at radius 1 is 0.939 bits per heavy atom. The lowest BCUT2D eigenvalue weighted by molar-refractivity contribution is -0.346. The lowest BCUT2D eigenvalue weighted by Gasteiger charge is -2.48. The first-order valence-electron chi connectivity index (χ1n) is 16.5. The number of aromatic nitrogens is 1. The SMILES string of the molecule is COC(=O)CCCCCCCCO[C@@H]1OC(CO)[C@@H](OC2OC(C)[C@@H](O)C(O)C2O)C(OC)C1NC(=O)c1cc(=O)c2cccc(O)c2[nH]1. The van der Waals surface area contributed by atoms with Gasteiger partial charge in [-0.3, -0.25) is 14.4 Å². The molecule has 0 saturated carbocycles. The number of amides is 1. The molecule has 16 heteroatoms. The lowest BCUT2D eigenvalue weighted by Crippen LogP contribution is -2.68. The first kappa shape index (κ1) is 38.6. The van der Waals surface area contributed by atoms with Crippen molar-refractivity contribution in [1.82, 2.24) is 10.3 Å². The summed E-state index contributed by atoms with van der Waals surface area (Å²) in [6.07, 6.45) is -6.30. The van der Waals surface area contributed by atoms with Gasteiger partial charge in [-0.15, -0.1) is 0 Å². The zero-order valence-corrected chi connectivity index (χ0v) is 27.9. The number of unbranched alkanes of at least 4 members (excludes halogenated alkanes) is 5. The Kier molecular flexibility index (Phi) is 14.3. The number of aliphatic hydroxyl groups is 4. The maximum absolute atomic E-state index is 13.6. The van der Waals surface area contributed by atoms with Crippen LogP contribution in [-0.4, -0.2) is 131 Å². The van der Waals surface area contributed by atoms with E-state index in [9.17, 15) is 39.9 Å². The minimum absolute atomic E-state index is 0.0706. The zero-order chi connectivity index (χ0) is 35.7. The maximum atomic E-state index is 13.6. The highest BCUT2D eigenvalue weighted by Crippen LogP contribution is 2.31. The number of H-pyrrole nitrogens is 1. The van der Waals surface area contributed by atoms with Crippen LogP contribution in [0.25, 0.3) is 10.9 Å². The third kappa shape index (κ3) is 9.53. The number of aliphatic hydroxyl groups excluding tert-OH is 4. The van der Waals surface area contributed by atoms with Gasteiger partial charge < -0.3 is 64.3 Å². The van der Waals surface area contributed by atoms with Gasteiger partial charge >= 0.3 is 5.97 Å². The molecule has 0 aliphatic carbocycles. The number of hydrogen-bond acceptors (Lipinski definition) is 14. The number of para-hydroxylation sites is 1. The fourth-order valence-electron chi connectivity index (χ4n) is 6.06. The van der Waals surface area contributed by atoms with E-state index in [0.717, 1.165) is 38.2 Å². The van der Waals surface area contributed by atoms with Gasteiger partial charge in [-0.25, -0.2) is 0 Å². The number of aromatic amines is 1. The van der Waals surface area contributed by atoms with Crippen LogP contribution in [-0.2, 0) is 33.2 Å². The van der Waals surface area contributed by atoms with E-state index in [1.807, 2.05) is 0 Å². The molecule has 7 N–H and O–H groups in total. The number of pyridine rings is 1. The molecule has 4 rings (SSSR count). The summed E-state index contributed by atoms with van der Waals surface area (Å²) in [4.78, 5) is 40.5. The minimum atomic E-state index is -1.67. The highest BCUT2D eigenvalue weighted by molar-refractivity contribution is 5.96. The summed E-state index contributed by atoms with van der Waals surface area (Å²) in [7, 11) is 2.70. The van der Waals surface area contributed by atoms with Crippen LogP contribution in [0.5, 0.6) is 5.75 Å². The van der Waals surface area contributed by atoms with Gasteiger partial charge in [0.2, 0.25) is 0 Å². The Hall–Kier alpha value is -3.19.